The first-order valence-corrected chi connectivity index (χ1v) is 6.60. The fraction of sp³-hybridized carbons (Fsp3) is 0.357. The number of para-hydroxylation sites is 1. The molecule has 0 aliphatic carbocycles. The monoisotopic (exact) mass is 274 g/mol. The largest absolute Gasteiger partial charge is 0.340 e. The number of benzene rings is 1. The first-order chi connectivity index (χ1) is 9.51. The van der Waals surface area contributed by atoms with Crippen LogP contribution < -0.4 is 5.73 Å². The fourth-order valence-electron chi connectivity index (χ4n) is 2.16. The van der Waals surface area contributed by atoms with Crippen molar-refractivity contribution < 1.29 is 4.92 Å². The SMILES string of the molecule is CCC(N)(CC)c1ncc(-c2ccccc2[N+](=O)[O-])[nH]1. The Bertz CT molecular complexity index is 617. The molecule has 2 rings (SSSR count). The van der Waals surface area contributed by atoms with Crippen molar-refractivity contribution in [1.82, 2.24) is 9.97 Å². The molecule has 1 heterocycles. The summed E-state index contributed by atoms with van der Waals surface area (Å²) in [5.74, 6) is 0.663. The van der Waals surface area contributed by atoms with Gasteiger partial charge in [-0.3, -0.25) is 10.1 Å². The van der Waals surface area contributed by atoms with Gasteiger partial charge in [0.15, 0.2) is 0 Å². The van der Waals surface area contributed by atoms with E-state index in [0.29, 0.717) is 17.1 Å². The van der Waals surface area contributed by atoms with E-state index in [2.05, 4.69) is 9.97 Å². The van der Waals surface area contributed by atoms with Gasteiger partial charge >= 0.3 is 0 Å². The zero-order chi connectivity index (χ0) is 14.8. The van der Waals surface area contributed by atoms with Crippen LogP contribution >= 0.6 is 0 Å². The Hall–Kier alpha value is -2.21. The van der Waals surface area contributed by atoms with Crippen molar-refractivity contribution in [1.29, 1.82) is 0 Å². The van der Waals surface area contributed by atoms with Crippen molar-refractivity contribution in [2.45, 2.75) is 32.2 Å². The van der Waals surface area contributed by atoms with Crippen LogP contribution in [-0.4, -0.2) is 14.9 Å². The fourth-order valence-corrected chi connectivity index (χ4v) is 2.16. The van der Waals surface area contributed by atoms with E-state index in [1.54, 1.807) is 24.4 Å². The van der Waals surface area contributed by atoms with E-state index in [0.717, 1.165) is 12.8 Å². The van der Waals surface area contributed by atoms with E-state index in [1.165, 1.54) is 6.07 Å². The number of hydrogen-bond donors (Lipinski definition) is 2. The van der Waals surface area contributed by atoms with Crippen LogP contribution in [0.25, 0.3) is 11.3 Å². The minimum atomic E-state index is -0.526. The number of H-pyrrole nitrogens is 1. The molecule has 6 heteroatoms. The van der Waals surface area contributed by atoms with Gasteiger partial charge in [-0.2, -0.15) is 0 Å². The predicted octanol–water partition coefficient (Wildman–Crippen LogP) is 2.96. The average Bonchev–Trinajstić information content (AvgIpc) is 2.96. The molecule has 1 aromatic heterocycles. The molecule has 0 atom stereocenters. The molecule has 0 radical (unpaired) electrons. The molecular formula is C14H18N4O2. The van der Waals surface area contributed by atoms with Crippen molar-refractivity contribution in [3.8, 4) is 11.3 Å². The van der Waals surface area contributed by atoms with Crippen molar-refractivity contribution in [3.05, 3.63) is 46.4 Å². The molecule has 0 saturated carbocycles. The number of hydrogen-bond acceptors (Lipinski definition) is 4. The summed E-state index contributed by atoms with van der Waals surface area (Å²) in [5, 5.41) is 11.1. The van der Waals surface area contributed by atoms with Gasteiger partial charge in [-0.15, -0.1) is 0 Å². The highest BCUT2D eigenvalue weighted by molar-refractivity contribution is 5.70. The second-order valence-electron chi connectivity index (χ2n) is 4.78. The lowest BCUT2D eigenvalue weighted by molar-refractivity contribution is -0.384. The van der Waals surface area contributed by atoms with Gasteiger partial charge < -0.3 is 10.7 Å². The molecule has 2 aromatic rings. The van der Waals surface area contributed by atoms with Gasteiger partial charge in [-0.25, -0.2) is 4.98 Å². The van der Waals surface area contributed by atoms with Crippen LogP contribution in [-0.2, 0) is 5.54 Å². The quantitative estimate of drug-likeness (QED) is 0.646. The lowest BCUT2D eigenvalue weighted by atomic mass is 9.93. The maximum absolute atomic E-state index is 11.1. The van der Waals surface area contributed by atoms with Crippen molar-refractivity contribution in [3.63, 3.8) is 0 Å². The number of nitro groups is 1. The Morgan fingerprint density at radius 1 is 1.35 bits per heavy atom. The van der Waals surface area contributed by atoms with Gasteiger partial charge in [0.2, 0.25) is 0 Å². The molecule has 0 aliphatic rings. The summed E-state index contributed by atoms with van der Waals surface area (Å²) in [5.41, 5.74) is 6.94. The van der Waals surface area contributed by atoms with E-state index >= 15 is 0 Å². The van der Waals surface area contributed by atoms with Gasteiger partial charge in [-0.05, 0) is 18.9 Å². The van der Waals surface area contributed by atoms with E-state index in [-0.39, 0.29) is 5.69 Å². The highest BCUT2D eigenvalue weighted by Gasteiger charge is 2.27. The number of rotatable bonds is 5. The van der Waals surface area contributed by atoms with Gasteiger partial charge in [0.1, 0.15) is 5.82 Å². The van der Waals surface area contributed by atoms with Crippen LogP contribution in [0.15, 0.2) is 30.5 Å². The number of aromatic amines is 1. The summed E-state index contributed by atoms with van der Waals surface area (Å²) in [7, 11) is 0. The maximum atomic E-state index is 11.1. The molecule has 106 valence electrons. The predicted molar refractivity (Wildman–Crippen MR) is 77.1 cm³/mol. The normalized spacial score (nSPS) is 11.6. The standard InChI is InChI=1S/C14H18N4O2/c1-3-14(15,4-2)13-16-9-11(17-13)10-7-5-6-8-12(10)18(19)20/h5-9H,3-4,15H2,1-2H3,(H,16,17). The third kappa shape index (κ3) is 2.42. The Morgan fingerprint density at radius 3 is 2.60 bits per heavy atom. The summed E-state index contributed by atoms with van der Waals surface area (Å²) in [4.78, 5) is 18.1. The number of nitrogens with two attached hydrogens (primary N) is 1. The summed E-state index contributed by atoms with van der Waals surface area (Å²) in [6.45, 7) is 3.99. The van der Waals surface area contributed by atoms with Crippen LogP contribution in [0.2, 0.25) is 0 Å². The molecule has 3 N–H and O–H groups in total. The number of aromatic nitrogens is 2. The van der Waals surface area contributed by atoms with E-state index in [4.69, 9.17) is 5.73 Å². The highest BCUT2D eigenvalue weighted by Crippen LogP contribution is 2.30. The van der Waals surface area contributed by atoms with E-state index < -0.39 is 10.5 Å². The smallest absolute Gasteiger partial charge is 0.278 e. The Labute approximate surface area is 117 Å². The lowest BCUT2D eigenvalue weighted by Crippen LogP contribution is -2.36. The molecule has 0 fully saturated rings. The van der Waals surface area contributed by atoms with Crippen LogP contribution in [0.1, 0.15) is 32.5 Å². The third-order valence-corrected chi connectivity index (χ3v) is 3.70. The summed E-state index contributed by atoms with van der Waals surface area (Å²) < 4.78 is 0. The second-order valence-corrected chi connectivity index (χ2v) is 4.78. The number of nitro benzene ring substituents is 1. The number of nitrogens with zero attached hydrogens (tertiary/aromatic N) is 2. The Kier molecular flexibility index (Phi) is 3.85. The molecule has 6 nitrogen and oxygen atoms in total. The third-order valence-electron chi connectivity index (χ3n) is 3.70. The molecule has 0 aliphatic heterocycles. The molecule has 0 bridgehead atoms. The first kappa shape index (κ1) is 14.2. The number of nitrogens with one attached hydrogen (secondary N) is 1. The Morgan fingerprint density at radius 2 is 2.00 bits per heavy atom. The molecule has 1 aromatic carbocycles. The van der Waals surface area contributed by atoms with Crippen molar-refractivity contribution >= 4 is 5.69 Å². The lowest BCUT2D eigenvalue weighted by Gasteiger charge is -2.23. The second kappa shape index (κ2) is 5.42. The zero-order valence-corrected chi connectivity index (χ0v) is 11.6. The van der Waals surface area contributed by atoms with Gasteiger partial charge in [0, 0.05) is 6.07 Å². The van der Waals surface area contributed by atoms with Crippen LogP contribution in [0, 0.1) is 10.1 Å². The van der Waals surface area contributed by atoms with Gasteiger partial charge in [0.25, 0.3) is 5.69 Å². The van der Waals surface area contributed by atoms with Crippen molar-refractivity contribution in [2.24, 2.45) is 5.73 Å². The zero-order valence-electron chi connectivity index (χ0n) is 11.6. The van der Waals surface area contributed by atoms with E-state index in [9.17, 15) is 10.1 Å². The molecular weight excluding hydrogens is 256 g/mol. The summed E-state index contributed by atoms with van der Waals surface area (Å²) >= 11 is 0. The molecule has 0 spiro atoms. The van der Waals surface area contributed by atoms with Crippen LogP contribution in [0.4, 0.5) is 5.69 Å². The molecule has 0 amide bonds. The van der Waals surface area contributed by atoms with Crippen LogP contribution in [0.5, 0.6) is 0 Å². The average molecular weight is 274 g/mol. The molecule has 0 unspecified atom stereocenters. The summed E-state index contributed by atoms with van der Waals surface area (Å²) in [6, 6.07) is 6.58. The Balaban J connectivity index is 2.47. The number of imidazole rings is 1. The van der Waals surface area contributed by atoms with Crippen molar-refractivity contribution in [2.75, 3.05) is 0 Å². The van der Waals surface area contributed by atoms with E-state index in [1.807, 2.05) is 13.8 Å². The molecule has 0 saturated heterocycles. The minimum absolute atomic E-state index is 0.0540. The maximum Gasteiger partial charge on any atom is 0.278 e. The van der Waals surface area contributed by atoms with Crippen LogP contribution in [0.3, 0.4) is 0 Å². The highest BCUT2D eigenvalue weighted by atomic mass is 16.6. The summed E-state index contributed by atoms with van der Waals surface area (Å²) in [6.07, 6.45) is 3.09. The van der Waals surface area contributed by atoms with Gasteiger partial charge in [-0.1, -0.05) is 26.0 Å². The minimum Gasteiger partial charge on any atom is -0.340 e. The first-order valence-electron chi connectivity index (χ1n) is 6.60. The topological polar surface area (TPSA) is 97.8 Å². The van der Waals surface area contributed by atoms with Gasteiger partial charge in [0.05, 0.1) is 27.9 Å². The molecule has 20 heavy (non-hydrogen) atoms.